The molecule has 4 fully saturated rings. The summed E-state index contributed by atoms with van der Waals surface area (Å²) in [6.07, 6.45) is 9.61. The summed E-state index contributed by atoms with van der Waals surface area (Å²) in [5.74, 6) is -0.633. The highest BCUT2D eigenvalue weighted by atomic mass is 16.5. The molecule has 0 amide bonds. The summed E-state index contributed by atoms with van der Waals surface area (Å²) in [4.78, 5) is 36.8. The second-order valence-corrected chi connectivity index (χ2v) is 12.2. The summed E-state index contributed by atoms with van der Waals surface area (Å²) in [5.41, 5.74) is -2.51. The quantitative estimate of drug-likeness (QED) is 0.434. The molecule has 1 heterocycles. The predicted molar refractivity (Wildman–Crippen MR) is 127 cm³/mol. The molecule has 7 nitrogen and oxygen atoms in total. The van der Waals surface area contributed by atoms with Crippen LogP contribution in [0.15, 0.2) is 11.6 Å². The lowest BCUT2D eigenvalue weighted by molar-refractivity contribution is -0.249. The second kappa shape index (κ2) is 8.69. The maximum absolute atomic E-state index is 12.8. The van der Waals surface area contributed by atoms with E-state index in [0.717, 1.165) is 44.0 Å². The Morgan fingerprint density at radius 1 is 1.14 bits per heavy atom. The number of carbonyl (C=O) groups is 3. The van der Waals surface area contributed by atoms with Crippen molar-refractivity contribution >= 4 is 18.2 Å². The molecule has 4 saturated carbocycles. The highest BCUT2D eigenvalue weighted by Gasteiger charge is 2.71. The topological polar surface area (TPSA) is 110 Å². The molecule has 2 N–H and O–H groups in total. The van der Waals surface area contributed by atoms with Crippen LogP contribution in [-0.2, 0) is 23.9 Å². The van der Waals surface area contributed by atoms with Gasteiger partial charge in [-0.2, -0.15) is 0 Å². The largest absolute Gasteiger partial charge is 0.462 e. The van der Waals surface area contributed by atoms with Gasteiger partial charge >= 0.3 is 11.9 Å². The average molecular weight is 489 g/mol. The van der Waals surface area contributed by atoms with Crippen molar-refractivity contribution in [1.82, 2.24) is 0 Å². The Balaban J connectivity index is 1.38. The van der Waals surface area contributed by atoms with Crippen molar-refractivity contribution in [2.75, 3.05) is 6.61 Å². The number of cyclic esters (lactones) is 1. The molecule has 4 aliphatic carbocycles. The van der Waals surface area contributed by atoms with E-state index in [-0.39, 0.29) is 47.6 Å². The van der Waals surface area contributed by atoms with Crippen LogP contribution >= 0.6 is 0 Å². The zero-order chi connectivity index (χ0) is 25.1. The van der Waals surface area contributed by atoms with Crippen LogP contribution < -0.4 is 0 Å². The molecular formula is C28H40O7. The van der Waals surface area contributed by atoms with E-state index in [1.165, 1.54) is 0 Å². The number of carbonyl (C=O) groups excluding carboxylic acids is 3. The van der Waals surface area contributed by atoms with Crippen LogP contribution in [-0.4, -0.2) is 52.4 Å². The van der Waals surface area contributed by atoms with Gasteiger partial charge in [0, 0.05) is 24.3 Å². The van der Waals surface area contributed by atoms with Crippen molar-refractivity contribution in [2.24, 2.45) is 28.6 Å². The number of aliphatic hydroxyl groups is 2. The molecule has 0 aromatic heterocycles. The van der Waals surface area contributed by atoms with E-state index in [2.05, 4.69) is 6.92 Å². The number of rotatable bonds is 6. The lowest BCUT2D eigenvalue weighted by Crippen LogP contribution is -2.69. The number of aldehydes is 1. The number of hydrogen-bond acceptors (Lipinski definition) is 7. The van der Waals surface area contributed by atoms with Crippen LogP contribution in [0, 0.1) is 28.6 Å². The van der Waals surface area contributed by atoms with Crippen LogP contribution in [0.1, 0.15) is 90.9 Å². The van der Waals surface area contributed by atoms with E-state index in [0.29, 0.717) is 45.1 Å². The van der Waals surface area contributed by atoms with Crippen molar-refractivity contribution in [3.8, 4) is 0 Å². The Morgan fingerprint density at radius 2 is 1.91 bits per heavy atom. The summed E-state index contributed by atoms with van der Waals surface area (Å²) < 4.78 is 10.9. The predicted octanol–water partition coefficient (Wildman–Crippen LogP) is 3.64. The van der Waals surface area contributed by atoms with E-state index in [9.17, 15) is 24.6 Å². The molecule has 0 aromatic rings. The molecule has 35 heavy (non-hydrogen) atoms. The third-order valence-corrected chi connectivity index (χ3v) is 10.9. The normalized spacial score (nSPS) is 46.6. The third kappa shape index (κ3) is 3.55. The maximum Gasteiger partial charge on any atom is 0.331 e. The summed E-state index contributed by atoms with van der Waals surface area (Å²) in [5, 5.41) is 24.2. The minimum atomic E-state index is -1.22. The lowest BCUT2D eigenvalue weighted by atomic mass is 9.41. The molecule has 0 aromatic carbocycles. The number of unbranched alkanes of at least 4 members (excludes halogenated alkanes) is 1. The second-order valence-electron chi connectivity index (χ2n) is 12.2. The molecule has 5 aliphatic rings. The Labute approximate surface area is 207 Å². The van der Waals surface area contributed by atoms with Crippen LogP contribution in [0.5, 0.6) is 0 Å². The van der Waals surface area contributed by atoms with Crippen molar-refractivity contribution in [1.29, 1.82) is 0 Å². The number of esters is 2. The van der Waals surface area contributed by atoms with Gasteiger partial charge in [-0.05, 0) is 81.1 Å². The highest BCUT2D eigenvalue weighted by Crippen LogP contribution is 2.70. The van der Waals surface area contributed by atoms with E-state index in [4.69, 9.17) is 9.47 Å². The fourth-order valence-electron chi connectivity index (χ4n) is 8.98. The molecular weight excluding hydrogens is 448 g/mol. The van der Waals surface area contributed by atoms with Gasteiger partial charge in [0.15, 0.2) is 0 Å². The van der Waals surface area contributed by atoms with Crippen LogP contribution in [0.3, 0.4) is 0 Å². The standard InChI is InChI=1S/C28H40O7/c1-3-4-5-23(30)35-19-6-11-26(17-29)21-7-10-25(2)20(18-14-24(31)34-16-18)9-13-28(25,33)22(21)8-12-27(26,32)15-19/h14,17,19-22,32-33H,3-13,15-16H2,1-2H3/t19-,20+,21-,22+,25+,26-,27-,28-/m0/s1. The number of hydrogen-bond donors (Lipinski definition) is 2. The zero-order valence-electron chi connectivity index (χ0n) is 21.1. The smallest absolute Gasteiger partial charge is 0.331 e. The van der Waals surface area contributed by atoms with E-state index < -0.39 is 16.6 Å². The van der Waals surface area contributed by atoms with Crippen molar-refractivity contribution < 1.29 is 34.1 Å². The zero-order valence-corrected chi connectivity index (χ0v) is 21.1. The molecule has 1 aliphatic heterocycles. The summed E-state index contributed by atoms with van der Waals surface area (Å²) in [7, 11) is 0. The van der Waals surface area contributed by atoms with Crippen molar-refractivity contribution in [3.05, 3.63) is 11.6 Å². The fourth-order valence-corrected chi connectivity index (χ4v) is 8.98. The molecule has 0 saturated heterocycles. The lowest BCUT2D eigenvalue weighted by Gasteiger charge is -2.65. The minimum absolute atomic E-state index is 0.0843. The van der Waals surface area contributed by atoms with E-state index in [1.54, 1.807) is 6.08 Å². The van der Waals surface area contributed by atoms with Gasteiger partial charge in [0.2, 0.25) is 0 Å². The minimum Gasteiger partial charge on any atom is -0.462 e. The summed E-state index contributed by atoms with van der Waals surface area (Å²) in [6, 6.07) is 0. The van der Waals surface area contributed by atoms with Gasteiger partial charge in [-0.15, -0.1) is 0 Å². The van der Waals surface area contributed by atoms with Crippen LogP contribution in [0.4, 0.5) is 0 Å². The highest BCUT2D eigenvalue weighted by molar-refractivity contribution is 5.85. The van der Waals surface area contributed by atoms with Crippen molar-refractivity contribution in [3.63, 3.8) is 0 Å². The van der Waals surface area contributed by atoms with E-state index >= 15 is 0 Å². The van der Waals surface area contributed by atoms with Gasteiger partial charge in [-0.1, -0.05) is 20.3 Å². The first-order valence-electron chi connectivity index (χ1n) is 13.6. The van der Waals surface area contributed by atoms with Crippen molar-refractivity contribution in [2.45, 2.75) is 108 Å². The molecule has 5 rings (SSSR count). The Bertz CT molecular complexity index is 928. The van der Waals surface area contributed by atoms with Gasteiger partial charge in [0.1, 0.15) is 19.0 Å². The first-order valence-corrected chi connectivity index (χ1v) is 13.6. The molecule has 0 radical (unpaired) electrons. The van der Waals surface area contributed by atoms with Crippen LogP contribution in [0.25, 0.3) is 0 Å². The maximum atomic E-state index is 12.8. The molecule has 0 unspecified atom stereocenters. The Hall–Kier alpha value is -1.73. The molecule has 0 spiro atoms. The molecule has 7 heteroatoms. The molecule has 194 valence electrons. The average Bonchev–Trinajstić information content (AvgIpc) is 3.37. The van der Waals surface area contributed by atoms with Gasteiger partial charge in [-0.3, -0.25) is 4.79 Å². The summed E-state index contributed by atoms with van der Waals surface area (Å²) >= 11 is 0. The van der Waals surface area contributed by atoms with E-state index in [1.807, 2.05) is 6.92 Å². The number of ether oxygens (including phenoxy) is 2. The summed E-state index contributed by atoms with van der Waals surface area (Å²) in [6.45, 7) is 4.48. The first-order chi connectivity index (χ1) is 16.6. The van der Waals surface area contributed by atoms with Gasteiger partial charge in [0.05, 0.1) is 16.6 Å². The third-order valence-electron chi connectivity index (χ3n) is 10.9. The Kier molecular flexibility index (Phi) is 6.19. The molecule has 8 atom stereocenters. The van der Waals surface area contributed by atoms with Gasteiger partial charge in [0.25, 0.3) is 0 Å². The SMILES string of the molecule is CCCCC(=O)O[C@H]1CC[C@]2(C=O)[C@H]3CC[C@]4(C)[C@@H](C5=CC(=O)OC5)CC[C@]4(O)[C@@H]3CC[C@]2(O)C1. The molecule has 0 bridgehead atoms. The first kappa shape index (κ1) is 24.9. The Morgan fingerprint density at radius 3 is 2.60 bits per heavy atom. The van der Waals surface area contributed by atoms with Crippen LogP contribution in [0.2, 0.25) is 0 Å². The monoisotopic (exact) mass is 488 g/mol. The number of fused-ring (bicyclic) bond motifs is 5. The van der Waals surface area contributed by atoms with Gasteiger partial charge < -0.3 is 24.5 Å². The van der Waals surface area contributed by atoms with Gasteiger partial charge in [-0.25, -0.2) is 4.79 Å². The fraction of sp³-hybridized carbons (Fsp3) is 0.821.